The third-order valence-electron chi connectivity index (χ3n) is 2.10. The normalized spacial score (nSPS) is 9.85. The van der Waals surface area contributed by atoms with Gasteiger partial charge in [0.2, 0.25) is 12.2 Å². The number of hydrogen-bond acceptors (Lipinski definition) is 7. The average Bonchev–Trinajstić information content (AvgIpc) is 2.41. The monoisotopic (exact) mass is 292 g/mol. The van der Waals surface area contributed by atoms with Gasteiger partial charge in [-0.05, 0) is 28.6 Å². The largest absolute Gasteiger partial charge is 0.768 e. The lowest BCUT2D eigenvalue weighted by Crippen LogP contribution is -1.93. The highest BCUT2D eigenvalue weighted by Gasteiger charge is 2.02. The Morgan fingerprint density at radius 3 is 1.90 bits per heavy atom. The van der Waals surface area contributed by atoms with Crippen molar-refractivity contribution < 1.29 is 18.4 Å². The zero-order chi connectivity index (χ0) is 15.5. The third-order valence-corrected chi connectivity index (χ3v) is 2.81. The van der Waals surface area contributed by atoms with Crippen LogP contribution < -0.4 is 5.73 Å². The fourth-order valence-electron chi connectivity index (χ4n) is 1.44. The van der Waals surface area contributed by atoms with Crippen molar-refractivity contribution in [1.29, 1.82) is 10.8 Å². The highest BCUT2D eigenvalue weighted by molar-refractivity contribution is 7.79. The molecule has 4 N–H and O–H groups in total. The fourth-order valence-corrected chi connectivity index (χ4v) is 1.98. The van der Waals surface area contributed by atoms with Gasteiger partial charge in [0.15, 0.2) is 0 Å². The summed E-state index contributed by atoms with van der Waals surface area (Å²) >= 11 is -2.22. The van der Waals surface area contributed by atoms with Gasteiger partial charge >= 0.3 is 0 Å². The molecule has 20 heavy (non-hydrogen) atoms. The van der Waals surface area contributed by atoms with E-state index in [1.54, 1.807) is 24.3 Å². The molecule has 8 heteroatoms. The van der Waals surface area contributed by atoms with Crippen LogP contribution in [0.25, 0.3) is 10.8 Å². The first-order chi connectivity index (χ1) is 9.53. The Labute approximate surface area is 116 Å². The molecule has 2 aromatic rings. The minimum Gasteiger partial charge on any atom is -0.768 e. The van der Waals surface area contributed by atoms with Crippen molar-refractivity contribution in [3.63, 3.8) is 0 Å². The van der Waals surface area contributed by atoms with Crippen LogP contribution in [0, 0.1) is 10.8 Å². The molecule has 0 fully saturated rings. The predicted octanol–water partition coefficient (Wildman–Crippen LogP) is 1.46. The lowest BCUT2D eigenvalue weighted by Gasteiger charge is -2.10. The zero-order valence-corrected chi connectivity index (χ0v) is 10.9. The van der Waals surface area contributed by atoms with Gasteiger partial charge in [0.25, 0.3) is 0 Å². The second-order valence-corrected chi connectivity index (χ2v) is 4.05. The summed E-state index contributed by atoms with van der Waals surface area (Å²) in [6.45, 7) is 0. The molecule has 7 nitrogen and oxygen atoms in total. The van der Waals surface area contributed by atoms with Gasteiger partial charge in [-0.25, -0.2) is 20.4 Å². The molecule has 0 bridgehead atoms. The van der Waals surface area contributed by atoms with Crippen molar-refractivity contribution in [2.75, 3.05) is 5.73 Å². The van der Waals surface area contributed by atoms with Crippen molar-refractivity contribution in [3.8, 4) is 0 Å². The van der Waals surface area contributed by atoms with Crippen molar-refractivity contribution in [1.82, 2.24) is 0 Å². The van der Waals surface area contributed by atoms with Gasteiger partial charge in [0.1, 0.15) is 0 Å². The topological polar surface area (TPSA) is 148 Å². The molecule has 0 heterocycles. The highest BCUT2D eigenvalue weighted by atomic mass is 32.2. The second-order valence-electron chi connectivity index (χ2n) is 3.14. The summed E-state index contributed by atoms with van der Waals surface area (Å²) in [5, 5.41) is 12.2. The standard InChI is InChI=1S/C10H9NO2S.2CHNO/c11-9-5-6-10(14(12)13)8-4-2-1-3-7(8)9;2*2-1-3/h1-6H,11H2,(H,12,13);2*2H/p-1. The molecule has 0 aliphatic rings. The van der Waals surface area contributed by atoms with E-state index in [2.05, 4.69) is 0 Å². The summed E-state index contributed by atoms with van der Waals surface area (Å²) in [5.41, 5.74) is 6.32. The number of carbonyl (C=O) groups excluding carboxylic acids is 2. The number of nitrogens with two attached hydrogens (primary N) is 1. The van der Waals surface area contributed by atoms with Crippen LogP contribution in [-0.4, -0.2) is 20.9 Å². The van der Waals surface area contributed by atoms with Gasteiger partial charge in [0.05, 0.1) is 0 Å². The molecular weight excluding hydrogens is 282 g/mol. The van der Waals surface area contributed by atoms with E-state index in [0.29, 0.717) is 11.1 Å². The predicted molar refractivity (Wildman–Crippen MR) is 72.4 cm³/mol. The van der Waals surface area contributed by atoms with Crippen LogP contribution in [-0.2, 0) is 20.7 Å². The lowest BCUT2D eigenvalue weighted by molar-refractivity contribution is 0.538. The van der Waals surface area contributed by atoms with Crippen LogP contribution in [0.4, 0.5) is 5.69 Å². The molecule has 0 saturated carbocycles. The quantitative estimate of drug-likeness (QED) is 0.315. The van der Waals surface area contributed by atoms with Crippen molar-refractivity contribution in [2.24, 2.45) is 0 Å². The minimum absolute atomic E-state index is 0.287. The van der Waals surface area contributed by atoms with Crippen LogP contribution in [0.5, 0.6) is 0 Å². The van der Waals surface area contributed by atoms with Crippen LogP contribution in [0.3, 0.4) is 0 Å². The maximum atomic E-state index is 10.9. The number of nitrogen functional groups attached to an aromatic ring is 1. The molecule has 0 spiro atoms. The average molecular weight is 292 g/mol. The van der Waals surface area contributed by atoms with Gasteiger partial charge in [-0.3, -0.25) is 4.21 Å². The Hall–Kier alpha value is -2.63. The van der Waals surface area contributed by atoms with Crippen molar-refractivity contribution >= 4 is 39.7 Å². The summed E-state index contributed by atoms with van der Waals surface area (Å²) in [5.74, 6) is 0. The molecule has 0 saturated heterocycles. The summed E-state index contributed by atoms with van der Waals surface area (Å²) in [7, 11) is 0. The smallest absolute Gasteiger partial charge is 0.231 e. The SMILES string of the molecule is N=C=O.N=C=O.Nc1ccc(S(=O)[O-])c2ccccc12. The van der Waals surface area contributed by atoms with Gasteiger partial charge < -0.3 is 10.3 Å². The number of isocyanates is 2. The molecule has 0 aromatic heterocycles. The maximum Gasteiger partial charge on any atom is 0.231 e. The van der Waals surface area contributed by atoms with E-state index in [0.717, 1.165) is 17.5 Å². The first kappa shape index (κ1) is 17.4. The Kier molecular flexibility index (Phi) is 8.09. The van der Waals surface area contributed by atoms with E-state index in [-0.39, 0.29) is 4.90 Å². The van der Waals surface area contributed by atoms with Gasteiger partial charge in [-0.2, -0.15) is 0 Å². The number of hydrogen-bond donors (Lipinski definition) is 3. The number of benzene rings is 2. The van der Waals surface area contributed by atoms with E-state index < -0.39 is 11.1 Å². The molecule has 1 unspecified atom stereocenters. The highest BCUT2D eigenvalue weighted by Crippen LogP contribution is 2.25. The minimum atomic E-state index is -2.22. The maximum absolute atomic E-state index is 10.9. The molecule has 2 aromatic carbocycles. The van der Waals surface area contributed by atoms with Crippen LogP contribution in [0.15, 0.2) is 41.3 Å². The Morgan fingerprint density at radius 2 is 1.45 bits per heavy atom. The van der Waals surface area contributed by atoms with Gasteiger partial charge in [-0.15, -0.1) is 0 Å². The third kappa shape index (κ3) is 4.93. The zero-order valence-electron chi connectivity index (χ0n) is 10.1. The van der Waals surface area contributed by atoms with E-state index in [1.807, 2.05) is 6.07 Å². The van der Waals surface area contributed by atoms with Crippen LogP contribution >= 0.6 is 0 Å². The van der Waals surface area contributed by atoms with E-state index in [1.165, 1.54) is 6.07 Å². The Bertz CT molecular complexity index is 663. The second kappa shape index (κ2) is 9.32. The fraction of sp³-hybridized carbons (Fsp3) is 0. The number of fused-ring (bicyclic) bond motifs is 1. The Balaban J connectivity index is 0.000000520. The first-order valence-electron chi connectivity index (χ1n) is 4.97. The summed E-state index contributed by atoms with van der Waals surface area (Å²) in [6, 6.07) is 10.3. The molecule has 1 atom stereocenters. The first-order valence-corrected chi connectivity index (χ1v) is 6.05. The van der Waals surface area contributed by atoms with Crippen molar-refractivity contribution in [3.05, 3.63) is 36.4 Å². The van der Waals surface area contributed by atoms with Crippen molar-refractivity contribution in [2.45, 2.75) is 4.90 Å². The summed E-state index contributed by atoms with van der Waals surface area (Å²) in [6.07, 6.45) is 1.50. The summed E-state index contributed by atoms with van der Waals surface area (Å²) < 4.78 is 21.8. The molecule has 0 aliphatic carbocycles. The number of rotatable bonds is 1. The van der Waals surface area contributed by atoms with Gasteiger partial charge in [0, 0.05) is 16.0 Å². The molecular formula is C12H10N3O4S-. The van der Waals surface area contributed by atoms with E-state index >= 15 is 0 Å². The molecule has 0 radical (unpaired) electrons. The van der Waals surface area contributed by atoms with Gasteiger partial charge in [-0.1, -0.05) is 24.3 Å². The summed E-state index contributed by atoms with van der Waals surface area (Å²) in [4.78, 5) is 17.0. The van der Waals surface area contributed by atoms with E-state index in [9.17, 15) is 8.76 Å². The molecule has 0 amide bonds. The number of anilines is 1. The molecule has 0 aliphatic heterocycles. The Morgan fingerprint density at radius 1 is 1.00 bits per heavy atom. The molecule has 2 rings (SSSR count). The van der Waals surface area contributed by atoms with Crippen LogP contribution in [0.1, 0.15) is 0 Å². The van der Waals surface area contributed by atoms with E-state index in [4.69, 9.17) is 26.1 Å². The van der Waals surface area contributed by atoms with Crippen LogP contribution in [0.2, 0.25) is 0 Å². The lowest BCUT2D eigenvalue weighted by atomic mass is 10.1. The number of nitrogens with one attached hydrogen (secondary N) is 2. The molecule has 104 valence electrons.